The van der Waals surface area contributed by atoms with Gasteiger partial charge in [-0.25, -0.2) is 4.79 Å². The van der Waals surface area contributed by atoms with Gasteiger partial charge in [-0.15, -0.1) is 0 Å². The van der Waals surface area contributed by atoms with Gasteiger partial charge in [-0.3, -0.25) is 4.79 Å². The summed E-state index contributed by atoms with van der Waals surface area (Å²) in [6, 6.07) is -0.955. The van der Waals surface area contributed by atoms with Gasteiger partial charge in [0.2, 0.25) is 5.91 Å². The molecule has 0 spiro atoms. The second-order valence-electron chi connectivity index (χ2n) is 3.49. The van der Waals surface area contributed by atoms with Crippen LogP contribution in [0.15, 0.2) is 12.2 Å². The maximum absolute atomic E-state index is 11.6. The Morgan fingerprint density at radius 1 is 1.53 bits per heavy atom. The van der Waals surface area contributed by atoms with Crippen molar-refractivity contribution in [3.63, 3.8) is 0 Å². The molecule has 2 N–H and O–H groups in total. The van der Waals surface area contributed by atoms with E-state index < -0.39 is 12.0 Å². The molecular weight excluding hydrogens is 198 g/mol. The Morgan fingerprint density at radius 3 is 2.60 bits per heavy atom. The van der Waals surface area contributed by atoms with E-state index in [1.54, 1.807) is 0 Å². The number of hydrogen-bond donors (Lipinski definition) is 2. The summed E-state index contributed by atoms with van der Waals surface area (Å²) >= 11 is 0. The van der Waals surface area contributed by atoms with Gasteiger partial charge in [0, 0.05) is 13.0 Å². The normalized spacial score (nSPS) is 17.7. The molecular formula is C10H15NO4. The van der Waals surface area contributed by atoms with Crippen molar-refractivity contribution in [2.45, 2.75) is 18.9 Å². The topological polar surface area (TPSA) is 75.6 Å². The van der Waals surface area contributed by atoms with E-state index in [9.17, 15) is 9.59 Å². The lowest BCUT2D eigenvalue weighted by molar-refractivity contribution is -0.143. The van der Waals surface area contributed by atoms with E-state index in [1.807, 2.05) is 12.2 Å². The van der Waals surface area contributed by atoms with Crippen LogP contribution in [0.1, 0.15) is 12.8 Å². The van der Waals surface area contributed by atoms with Crippen LogP contribution >= 0.6 is 0 Å². The third-order valence-electron chi connectivity index (χ3n) is 2.33. The molecule has 0 fully saturated rings. The van der Waals surface area contributed by atoms with Crippen molar-refractivity contribution in [2.75, 3.05) is 13.7 Å². The van der Waals surface area contributed by atoms with Gasteiger partial charge in [-0.05, 0) is 12.8 Å². The fourth-order valence-corrected chi connectivity index (χ4v) is 1.46. The maximum atomic E-state index is 11.6. The summed E-state index contributed by atoms with van der Waals surface area (Å²) in [7, 11) is 1.40. The third-order valence-corrected chi connectivity index (χ3v) is 2.33. The molecule has 1 rings (SSSR count). The van der Waals surface area contributed by atoms with E-state index in [1.165, 1.54) is 7.11 Å². The van der Waals surface area contributed by atoms with Gasteiger partial charge in [0.1, 0.15) is 0 Å². The van der Waals surface area contributed by atoms with Crippen molar-refractivity contribution < 1.29 is 19.4 Å². The molecule has 0 aromatic heterocycles. The minimum Gasteiger partial charge on any atom is -0.480 e. The highest BCUT2D eigenvalue weighted by Gasteiger charge is 2.25. The zero-order valence-corrected chi connectivity index (χ0v) is 8.60. The Balaban J connectivity index is 2.43. The molecule has 1 aliphatic carbocycles. The van der Waals surface area contributed by atoms with Gasteiger partial charge in [-0.1, -0.05) is 12.2 Å². The number of rotatable bonds is 5. The van der Waals surface area contributed by atoms with E-state index in [2.05, 4.69) is 5.32 Å². The summed E-state index contributed by atoms with van der Waals surface area (Å²) in [5.74, 6) is -1.41. The number of aliphatic carboxylic acids is 1. The third kappa shape index (κ3) is 3.36. The molecule has 0 heterocycles. The van der Waals surface area contributed by atoms with Gasteiger partial charge in [-0.2, -0.15) is 0 Å². The van der Waals surface area contributed by atoms with E-state index >= 15 is 0 Å². The van der Waals surface area contributed by atoms with Gasteiger partial charge >= 0.3 is 5.97 Å². The van der Waals surface area contributed by atoms with Crippen molar-refractivity contribution in [1.82, 2.24) is 5.32 Å². The molecule has 5 heteroatoms. The SMILES string of the molecule is COCC(NC(=O)C1CC=CC1)C(=O)O. The van der Waals surface area contributed by atoms with Crippen molar-refractivity contribution in [1.29, 1.82) is 0 Å². The highest BCUT2D eigenvalue weighted by molar-refractivity contribution is 5.85. The first kappa shape index (κ1) is 11.7. The number of carboxylic acids is 1. The molecule has 1 atom stereocenters. The first-order chi connectivity index (χ1) is 7.15. The van der Waals surface area contributed by atoms with Crippen LogP contribution in [0.2, 0.25) is 0 Å². The van der Waals surface area contributed by atoms with Crippen molar-refractivity contribution in [3.05, 3.63) is 12.2 Å². The monoisotopic (exact) mass is 213 g/mol. The lowest BCUT2D eigenvalue weighted by Gasteiger charge is -2.16. The molecule has 0 saturated carbocycles. The number of carboxylic acid groups (broad SMARTS) is 1. The molecule has 0 radical (unpaired) electrons. The Labute approximate surface area is 88.1 Å². The van der Waals surface area contributed by atoms with Gasteiger partial charge in [0.15, 0.2) is 6.04 Å². The van der Waals surface area contributed by atoms with Crippen LogP contribution in [0.4, 0.5) is 0 Å². The van der Waals surface area contributed by atoms with E-state index in [0.29, 0.717) is 12.8 Å². The molecule has 5 nitrogen and oxygen atoms in total. The minimum atomic E-state index is -1.07. The van der Waals surface area contributed by atoms with Crippen molar-refractivity contribution >= 4 is 11.9 Å². The van der Waals surface area contributed by atoms with E-state index in [-0.39, 0.29) is 18.4 Å². The molecule has 0 bridgehead atoms. The zero-order chi connectivity index (χ0) is 11.3. The first-order valence-corrected chi connectivity index (χ1v) is 4.82. The zero-order valence-electron chi connectivity index (χ0n) is 8.60. The highest BCUT2D eigenvalue weighted by Crippen LogP contribution is 2.17. The molecule has 15 heavy (non-hydrogen) atoms. The van der Waals surface area contributed by atoms with Crippen LogP contribution in [-0.4, -0.2) is 36.7 Å². The highest BCUT2D eigenvalue weighted by atomic mass is 16.5. The van der Waals surface area contributed by atoms with E-state index in [0.717, 1.165) is 0 Å². The van der Waals surface area contributed by atoms with Gasteiger partial charge in [0.25, 0.3) is 0 Å². The van der Waals surface area contributed by atoms with Crippen LogP contribution in [-0.2, 0) is 14.3 Å². The number of ether oxygens (including phenoxy) is 1. The summed E-state index contributed by atoms with van der Waals surface area (Å²) in [6.45, 7) is -0.0127. The number of nitrogens with one attached hydrogen (secondary N) is 1. The molecule has 1 amide bonds. The average Bonchev–Trinajstić information content (AvgIpc) is 2.69. The molecule has 0 aromatic carbocycles. The number of amides is 1. The molecule has 1 unspecified atom stereocenters. The smallest absolute Gasteiger partial charge is 0.328 e. The van der Waals surface area contributed by atoms with Crippen LogP contribution in [0, 0.1) is 5.92 Å². The van der Waals surface area contributed by atoms with Crippen molar-refractivity contribution in [2.24, 2.45) is 5.92 Å². The minimum absolute atomic E-state index is 0.0127. The Hall–Kier alpha value is -1.36. The van der Waals surface area contributed by atoms with Crippen LogP contribution in [0.25, 0.3) is 0 Å². The first-order valence-electron chi connectivity index (χ1n) is 4.82. The molecule has 84 valence electrons. The fraction of sp³-hybridized carbons (Fsp3) is 0.600. The van der Waals surface area contributed by atoms with Crippen LogP contribution < -0.4 is 5.32 Å². The van der Waals surface area contributed by atoms with Crippen LogP contribution in [0.3, 0.4) is 0 Å². The number of carbonyl (C=O) groups is 2. The van der Waals surface area contributed by atoms with Gasteiger partial charge in [0.05, 0.1) is 6.61 Å². The Kier molecular flexibility index (Phi) is 4.30. The molecule has 1 aliphatic rings. The number of allylic oxidation sites excluding steroid dienone is 2. The molecule has 0 aliphatic heterocycles. The molecule has 0 aromatic rings. The predicted molar refractivity (Wildman–Crippen MR) is 53.3 cm³/mol. The Morgan fingerprint density at radius 2 is 2.13 bits per heavy atom. The molecule has 0 saturated heterocycles. The number of carbonyl (C=O) groups excluding carboxylic acids is 1. The maximum Gasteiger partial charge on any atom is 0.328 e. The van der Waals surface area contributed by atoms with Gasteiger partial charge < -0.3 is 15.2 Å². The predicted octanol–water partition coefficient (Wildman–Crippen LogP) is 0.168. The average molecular weight is 213 g/mol. The second-order valence-corrected chi connectivity index (χ2v) is 3.49. The second kappa shape index (κ2) is 5.50. The summed E-state index contributed by atoms with van der Waals surface area (Å²) in [6.07, 6.45) is 5.23. The Bertz CT molecular complexity index is 267. The number of hydrogen-bond acceptors (Lipinski definition) is 3. The standard InChI is InChI=1S/C10H15NO4/c1-15-6-8(10(13)14)11-9(12)7-4-2-3-5-7/h2-3,7-8H,4-6H2,1H3,(H,11,12)(H,13,14). The summed E-state index contributed by atoms with van der Waals surface area (Å²) in [5, 5.41) is 11.2. The lowest BCUT2D eigenvalue weighted by atomic mass is 10.1. The quantitative estimate of drug-likeness (QED) is 0.638. The summed E-state index contributed by atoms with van der Waals surface area (Å²) in [4.78, 5) is 22.3. The van der Waals surface area contributed by atoms with E-state index in [4.69, 9.17) is 9.84 Å². The van der Waals surface area contributed by atoms with Crippen molar-refractivity contribution in [3.8, 4) is 0 Å². The summed E-state index contributed by atoms with van der Waals surface area (Å²) < 4.78 is 4.72. The fourth-order valence-electron chi connectivity index (χ4n) is 1.46. The number of methoxy groups -OCH3 is 1. The summed E-state index contributed by atoms with van der Waals surface area (Å²) in [5.41, 5.74) is 0. The van der Waals surface area contributed by atoms with Crippen LogP contribution in [0.5, 0.6) is 0 Å². The largest absolute Gasteiger partial charge is 0.480 e. The lowest BCUT2D eigenvalue weighted by Crippen LogP contribution is -2.45.